The average Bonchev–Trinajstić information content (AvgIpc) is 3.18. The number of hydrogen-bond donors (Lipinski definition) is 0. The van der Waals surface area contributed by atoms with Crippen molar-refractivity contribution in [3.63, 3.8) is 0 Å². The Bertz CT molecular complexity index is 1570. The van der Waals surface area contributed by atoms with Crippen molar-refractivity contribution in [3.8, 4) is 0 Å². The van der Waals surface area contributed by atoms with Gasteiger partial charge in [-0.1, -0.05) is 73.7 Å². The van der Waals surface area contributed by atoms with E-state index in [2.05, 4.69) is 103 Å². The minimum absolute atomic E-state index is 0.541. The fourth-order valence-corrected chi connectivity index (χ4v) is 6.55. The number of benzene rings is 4. The third kappa shape index (κ3) is 2.37. The molecule has 5 aromatic rings. The van der Waals surface area contributed by atoms with Crippen molar-refractivity contribution >= 4 is 59.2 Å². The second-order valence-corrected chi connectivity index (χ2v) is 9.75. The van der Waals surface area contributed by atoms with Gasteiger partial charge in [-0.3, -0.25) is 0 Å². The largest absolute Gasteiger partial charge is 0.313 e. The van der Waals surface area contributed by atoms with Gasteiger partial charge >= 0.3 is 0 Å². The van der Waals surface area contributed by atoms with Gasteiger partial charge in [-0.25, -0.2) is 0 Å². The molecule has 1 unspecified atom stereocenters. The van der Waals surface area contributed by atoms with Gasteiger partial charge in [0, 0.05) is 42.5 Å². The molecule has 0 bridgehead atoms. The maximum atomic E-state index is 2.52. The predicted molar refractivity (Wildman–Crippen MR) is 135 cm³/mol. The minimum Gasteiger partial charge on any atom is -0.313 e. The van der Waals surface area contributed by atoms with Gasteiger partial charge in [-0.2, -0.15) is 0 Å². The number of para-hydroxylation sites is 1. The van der Waals surface area contributed by atoms with Gasteiger partial charge in [0.05, 0.1) is 5.69 Å². The Labute approximate surface area is 185 Å². The summed E-state index contributed by atoms with van der Waals surface area (Å²) in [6, 6.07) is 29.0. The first-order chi connectivity index (χ1) is 15.3. The molecule has 1 atom stereocenters. The van der Waals surface area contributed by atoms with Crippen molar-refractivity contribution < 1.29 is 0 Å². The summed E-state index contributed by atoms with van der Waals surface area (Å²) in [7, 11) is 0. The summed E-state index contributed by atoms with van der Waals surface area (Å²) in [5.74, 6) is 0.541. The Morgan fingerprint density at radius 3 is 2.52 bits per heavy atom. The van der Waals surface area contributed by atoms with Crippen LogP contribution in [0.25, 0.3) is 36.5 Å². The molecule has 4 aromatic carbocycles. The molecule has 1 nitrogen and oxygen atoms in total. The third-order valence-corrected chi connectivity index (χ3v) is 7.83. The summed E-state index contributed by atoms with van der Waals surface area (Å²) in [4.78, 5) is 2.52. The molecule has 1 aliphatic heterocycles. The molecule has 2 heterocycles. The highest BCUT2D eigenvalue weighted by Gasteiger charge is 2.30. The van der Waals surface area contributed by atoms with Crippen LogP contribution in [0.4, 0.5) is 11.4 Å². The lowest BCUT2D eigenvalue weighted by molar-refractivity contribution is 0.699. The number of allylic oxidation sites excluding steroid dienone is 4. The number of nitrogens with zero attached hydrogens (tertiary/aromatic N) is 1. The number of fused-ring (bicyclic) bond motifs is 5. The molecule has 0 fully saturated rings. The first-order valence-electron chi connectivity index (χ1n) is 10.9. The number of anilines is 2. The molecule has 31 heavy (non-hydrogen) atoms. The fraction of sp³-hybridized carbons (Fsp3) is 0.103. The maximum Gasteiger partial charge on any atom is 0.0557 e. The third-order valence-electron chi connectivity index (χ3n) is 6.71. The Morgan fingerprint density at radius 1 is 0.806 bits per heavy atom. The smallest absolute Gasteiger partial charge is 0.0557 e. The molecule has 0 radical (unpaired) electrons. The van der Waals surface area contributed by atoms with Gasteiger partial charge in [0.15, 0.2) is 0 Å². The second kappa shape index (κ2) is 6.32. The Hall–Kier alpha value is -3.36. The molecule has 2 heteroatoms. The zero-order valence-corrected chi connectivity index (χ0v) is 18.1. The lowest BCUT2D eigenvalue weighted by Crippen LogP contribution is -2.24. The predicted octanol–water partition coefficient (Wildman–Crippen LogP) is 8.67. The SMILES string of the molecule is CC1C=CC2=C(C1)N(c1ccccc1)c1cc3sc4ccccc4c3c3cccc2c13. The summed E-state index contributed by atoms with van der Waals surface area (Å²) < 4.78 is 2.73. The van der Waals surface area contributed by atoms with Gasteiger partial charge in [-0.05, 0) is 47.6 Å². The topological polar surface area (TPSA) is 3.24 Å². The van der Waals surface area contributed by atoms with E-state index in [1.165, 1.54) is 59.2 Å². The van der Waals surface area contributed by atoms with E-state index < -0.39 is 0 Å². The van der Waals surface area contributed by atoms with E-state index in [9.17, 15) is 0 Å². The highest BCUT2D eigenvalue weighted by molar-refractivity contribution is 7.26. The van der Waals surface area contributed by atoms with Crippen LogP contribution in [0.3, 0.4) is 0 Å². The molecule has 0 saturated heterocycles. The van der Waals surface area contributed by atoms with E-state index >= 15 is 0 Å². The molecule has 7 rings (SSSR count). The van der Waals surface area contributed by atoms with Crippen LogP contribution in [0.5, 0.6) is 0 Å². The van der Waals surface area contributed by atoms with Crippen molar-refractivity contribution in [1.82, 2.24) is 0 Å². The summed E-state index contributed by atoms with van der Waals surface area (Å²) in [6.07, 6.45) is 5.78. The van der Waals surface area contributed by atoms with Crippen LogP contribution in [0.1, 0.15) is 18.9 Å². The van der Waals surface area contributed by atoms with Gasteiger partial charge in [-0.15, -0.1) is 11.3 Å². The van der Waals surface area contributed by atoms with E-state index in [1.807, 2.05) is 11.3 Å². The molecule has 148 valence electrons. The highest BCUT2D eigenvalue weighted by Crippen LogP contribution is 2.52. The second-order valence-electron chi connectivity index (χ2n) is 8.67. The Kier molecular flexibility index (Phi) is 3.53. The van der Waals surface area contributed by atoms with E-state index in [4.69, 9.17) is 0 Å². The van der Waals surface area contributed by atoms with Gasteiger partial charge in [0.2, 0.25) is 0 Å². The molecular weight excluding hydrogens is 394 g/mol. The molecule has 0 amide bonds. The van der Waals surface area contributed by atoms with Crippen LogP contribution < -0.4 is 4.90 Å². The first-order valence-corrected chi connectivity index (χ1v) is 11.7. The fourth-order valence-electron chi connectivity index (χ4n) is 5.39. The Morgan fingerprint density at radius 2 is 1.61 bits per heavy atom. The lowest BCUT2D eigenvalue weighted by atomic mass is 9.83. The summed E-state index contributed by atoms with van der Waals surface area (Å²) in [5, 5.41) is 5.50. The first kappa shape index (κ1) is 17.3. The molecular formula is C29H21NS. The van der Waals surface area contributed by atoms with Crippen LogP contribution in [0.15, 0.2) is 96.7 Å². The highest BCUT2D eigenvalue weighted by atomic mass is 32.1. The van der Waals surface area contributed by atoms with Crippen molar-refractivity contribution in [1.29, 1.82) is 0 Å². The van der Waals surface area contributed by atoms with Crippen LogP contribution in [0, 0.1) is 5.92 Å². The van der Waals surface area contributed by atoms with Gasteiger partial charge in [0.1, 0.15) is 0 Å². The van der Waals surface area contributed by atoms with Gasteiger partial charge < -0.3 is 4.90 Å². The van der Waals surface area contributed by atoms with Crippen molar-refractivity contribution in [2.45, 2.75) is 13.3 Å². The normalized spacial score (nSPS) is 17.7. The van der Waals surface area contributed by atoms with Crippen molar-refractivity contribution in [2.24, 2.45) is 5.92 Å². The van der Waals surface area contributed by atoms with Crippen LogP contribution in [-0.4, -0.2) is 0 Å². The van der Waals surface area contributed by atoms with Gasteiger partial charge in [0.25, 0.3) is 0 Å². The van der Waals surface area contributed by atoms with Crippen LogP contribution >= 0.6 is 11.3 Å². The molecule has 1 aromatic heterocycles. The number of hydrogen-bond acceptors (Lipinski definition) is 2. The van der Waals surface area contributed by atoms with Crippen LogP contribution in [-0.2, 0) is 0 Å². The molecule has 0 N–H and O–H groups in total. The van der Waals surface area contributed by atoms with Crippen molar-refractivity contribution in [3.05, 3.63) is 102 Å². The zero-order chi connectivity index (χ0) is 20.5. The van der Waals surface area contributed by atoms with E-state index in [0.717, 1.165) is 6.42 Å². The lowest BCUT2D eigenvalue weighted by Gasteiger charge is -2.37. The molecule has 2 aliphatic rings. The summed E-state index contributed by atoms with van der Waals surface area (Å²) in [5.41, 5.74) is 6.72. The number of thiophene rings is 1. The van der Waals surface area contributed by atoms with E-state index in [1.54, 1.807) is 0 Å². The standard InChI is InChI=1S/C29H21NS/c1-18-14-15-20-21-11-7-12-23-28(21)25(30(24(20)16-18)19-8-3-2-4-9-19)17-27-29(23)22-10-5-6-13-26(22)31-27/h2-15,17-18H,16H2,1H3. The van der Waals surface area contributed by atoms with Crippen LogP contribution in [0.2, 0.25) is 0 Å². The number of rotatable bonds is 1. The zero-order valence-electron chi connectivity index (χ0n) is 17.3. The molecule has 0 saturated carbocycles. The van der Waals surface area contributed by atoms with E-state index in [0.29, 0.717) is 5.92 Å². The maximum absolute atomic E-state index is 2.52. The molecule has 1 aliphatic carbocycles. The quantitative estimate of drug-likeness (QED) is 0.265. The summed E-state index contributed by atoms with van der Waals surface area (Å²) >= 11 is 1.91. The average molecular weight is 416 g/mol. The Balaban J connectivity index is 1.67. The monoisotopic (exact) mass is 415 g/mol. The van der Waals surface area contributed by atoms with E-state index in [-0.39, 0.29) is 0 Å². The summed E-state index contributed by atoms with van der Waals surface area (Å²) in [6.45, 7) is 2.31. The molecule has 0 spiro atoms. The minimum atomic E-state index is 0.541. The van der Waals surface area contributed by atoms with Crippen molar-refractivity contribution in [2.75, 3.05) is 4.90 Å².